The monoisotopic (exact) mass is 380 g/mol. The van der Waals surface area contributed by atoms with Crippen molar-refractivity contribution in [1.29, 1.82) is 0 Å². The van der Waals surface area contributed by atoms with E-state index in [9.17, 15) is 4.79 Å². The van der Waals surface area contributed by atoms with Crippen LogP contribution in [0.25, 0.3) is 21.2 Å². The largest absolute Gasteiger partial charge is 0.419 e. The zero-order valence-electron chi connectivity index (χ0n) is 15.1. The molecular weight excluding hydrogens is 360 g/mol. The molecule has 0 amide bonds. The average Bonchev–Trinajstić information content (AvgIpc) is 3.24. The minimum absolute atomic E-state index is 0.314. The van der Waals surface area contributed by atoms with Gasteiger partial charge in [-0.2, -0.15) is 4.37 Å². The Morgan fingerprint density at radius 3 is 2.78 bits per heavy atom. The number of nitrogens with zero attached hydrogens (tertiary/aromatic N) is 4. The van der Waals surface area contributed by atoms with Gasteiger partial charge in [-0.05, 0) is 41.4 Å². The van der Waals surface area contributed by atoms with Gasteiger partial charge in [-0.25, -0.2) is 4.79 Å². The highest BCUT2D eigenvalue weighted by atomic mass is 32.1. The van der Waals surface area contributed by atoms with Crippen molar-refractivity contribution in [3.63, 3.8) is 0 Å². The van der Waals surface area contributed by atoms with E-state index < -0.39 is 0 Å². The van der Waals surface area contributed by atoms with Crippen molar-refractivity contribution in [2.45, 2.75) is 6.54 Å². The van der Waals surface area contributed by atoms with Crippen LogP contribution in [0.4, 0.5) is 5.82 Å². The Kier molecular flexibility index (Phi) is 3.98. The highest BCUT2D eigenvalue weighted by Crippen LogP contribution is 2.30. The molecule has 0 aliphatic carbocycles. The predicted octanol–water partition coefficient (Wildman–Crippen LogP) is 3.06. The highest BCUT2D eigenvalue weighted by Gasteiger charge is 2.21. The molecule has 27 heavy (non-hydrogen) atoms. The fourth-order valence-electron chi connectivity index (χ4n) is 3.75. The molecule has 0 unspecified atom stereocenters. The van der Waals surface area contributed by atoms with E-state index in [0.29, 0.717) is 5.58 Å². The number of hydrogen-bond acceptors (Lipinski definition) is 6. The fraction of sp³-hybridized carbons (Fsp3) is 0.300. The zero-order valence-corrected chi connectivity index (χ0v) is 15.9. The molecule has 2 aromatic carbocycles. The van der Waals surface area contributed by atoms with Crippen molar-refractivity contribution < 1.29 is 4.42 Å². The number of fused-ring (bicyclic) bond motifs is 2. The molecule has 0 atom stereocenters. The first kappa shape index (κ1) is 16.5. The molecule has 1 aliphatic heterocycles. The average molecular weight is 380 g/mol. The highest BCUT2D eigenvalue weighted by molar-refractivity contribution is 7.13. The van der Waals surface area contributed by atoms with Crippen LogP contribution in [-0.4, -0.2) is 40.0 Å². The summed E-state index contributed by atoms with van der Waals surface area (Å²) in [6.45, 7) is 4.78. The van der Waals surface area contributed by atoms with Crippen molar-refractivity contribution in [3.05, 3.63) is 58.6 Å². The lowest BCUT2D eigenvalue weighted by Crippen LogP contribution is -2.46. The second kappa shape index (κ2) is 6.51. The van der Waals surface area contributed by atoms with Crippen LogP contribution < -0.4 is 10.7 Å². The maximum atomic E-state index is 11.7. The maximum Gasteiger partial charge on any atom is 0.419 e. The minimum atomic E-state index is -0.314. The van der Waals surface area contributed by atoms with E-state index >= 15 is 0 Å². The van der Waals surface area contributed by atoms with Gasteiger partial charge in [0.15, 0.2) is 5.58 Å². The van der Waals surface area contributed by atoms with Crippen LogP contribution in [0.15, 0.2) is 51.7 Å². The van der Waals surface area contributed by atoms with E-state index in [4.69, 9.17) is 4.42 Å². The summed E-state index contributed by atoms with van der Waals surface area (Å²) in [4.78, 5) is 16.5. The van der Waals surface area contributed by atoms with Crippen molar-refractivity contribution in [1.82, 2.24) is 13.8 Å². The Morgan fingerprint density at radius 2 is 1.93 bits per heavy atom. The Morgan fingerprint density at radius 1 is 1.11 bits per heavy atom. The van der Waals surface area contributed by atoms with Crippen molar-refractivity contribution in [2.75, 3.05) is 31.1 Å². The Balaban J connectivity index is 1.29. The van der Waals surface area contributed by atoms with Gasteiger partial charge in [-0.3, -0.25) is 9.47 Å². The number of benzene rings is 2. The number of aryl methyl sites for hydroxylation is 1. The molecule has 1 saturated heterocycles. The number of rotatable bonds is 3. The van der Waals surface area contributed by atoms with Crippen LogP contribution in [0.2, 0.25) is 0 Å². The van der Waals surface area contributed by atoms with Crippen LogP contribution in [0.5, 0.6) is 0 Å². The maximum absolute atomic E-state index is 11.7. The lowest BCUT2D eigenvalue weighted by atomic mass is 10.1. The molecule has 1 aliphatic rings. The van der Waals surface area contributed by atoms with Crippen LogP contribution in [-0.2, 0) is 13.6 Å². The van der Waals surface area contributed by atoms with E-state index in [1.165, 1.54) is 20.2 Å². The summed E-state index contributed by atoms with van der Waals surface area (Å²) in [5, 5.41) is 1.25. The summed E-state index contributed by atoms with van der Waals surface area (Å²) in [7, 11) is 1.73. The molecule has 3 heterocycles. The van der Waals surface area contributed by atoms with Gasteiger partial charge in [0, 0.05) is 45.2 Å². The zero-order chi connectivity index (χ0) is 18.4. The molecule has 6 nitrogen and oxygen atoms in total. The fourth-order valence-corrected chi connectivity index (χ4v) is 4.55. The van der Waals surface area contributed by atoms with Gasteiger partial charge >= 0.3 is 5.76 Å². The summed E-state index contributed by atoms with van der Waals surface area (Å²) in [5.41, 5.74) is 2.67. The third-order valence-electron chi connectivity index (χ3n) is 5.29. The molecule has 7 heteroatoms. The summed E-state index contributed by atoms with van der Waals surface area (Å²) < 4.78 is 12.8. The number of hydrogen-bond donors (Lipinski definition) is 0. The van der Waals surface area contributed by atoms with Gasteiger partial charge in [0.05, 0.1) is 10.2 Å². The first-order valence-corrected chi connectivity index (χ1v) is 9.86. The van der Waals surface area contributed by atoms with Gasteiger partial charge in [0.2, 0.25) is 0 Å². The van der Waals surface area contributed by atoms with E-state index in [1.54, 1.807) is 18.6 Å². The molecule has 0 spiro atoms. The molecular formula is C20H20N4O2S. The molecule has 0 bridgehead atoms. The second-order valence-corrected chi connectivity index (χ2v) is 7.80. The van der Waals surface area contributed by atoms with Crippen LogP contribution in [0.3, 0.4) is 0 Å². The first-order valence-electron chi connectivity index (χ1n) is 9.09. The van der Waals surface area contributed by atoms with Crippen molar-refractivity contribution in [3.8, 4) is 0 Å². The van der Waals surface area contributed by atoms with Crippen molar-refractivity contribution in [2.24, 2.45) is 7.05 Å². The van der Waals surface area contributed by atoms with Crippen LogP contribution >= 0.6 is 11.5 Å². The van der Waals surface area contributed by atoms with Gasteiger partial charge in [0.25, 0.3) is 0 Å². The van der Waals surface area contributed by atoms with Crippen LogP contribution in [0, 0.1) is 0 Å². The number of piperazine rings is 1. The van der Waals surface area contributed by atoms with Crippen LogP contribution in [0.1, 0.15) is 5.56 Å². The number of oxazole rings is 1. The quantitative estimate of drug-likeness (QED) is 0.547. The summed E-state index contributed by atoms with van der Waals surface area (Å²) >= 11 is 1.57. The third kappa shape index (κ3) is 2.93. The molecule has 0 saturated carbocycles. The smallest absolute Gasteiger partial charge is 0.408 e. The lowest BCUT2D eigenvalue weighted by Gasteiger charge is -2.35. The Hall–Kier alpha value is -2.64. The van der Waals surface area contributed by atoms with E-state index in [-0.39, 0.29) is 5.76 Å². The standard InChI is InChI=1S/C20H20N4O2S/c1-22-16-7-6-14(12-17(16)26-20(22)25)13-23-8-10-24(11-9-23)19-15-4-2-3-5-18(15)27-21-19/h2-7,12H,8-11,13H2,1H3. The molecule has 0 N–H and O–H groups in total. The topological polar surface area (TPSA) is 54.5 Å². The van der Waals surface area contributed by atoms with Gasteiger partial charge in [-0.15, -0.1) is 0 Å². The number of aromatic nitrogens is 2. The Labute approximate surface area is 160 Å². The predicted molar refractivity (Wildman–Crippen MR) is 109 cm³/mol. The summed E-state index contributed by atoms with van der Waals surface area (Å²) in [5.74, 6) is 0.800. The summed E-state index contributed by atoms with van der Waals surface area (Å²) in [6, 6.07) is 14.5. The Bertz CT molecular complexity index is 1170. The van der Waals surface area contributed by atoms with Gasteiger partial charge in [0.1, 0.15) is 5.82 Å². The van der Waals surface area contributed by atoms with Crippen molar-refractivity contribution >= 4 is 38.5 Å². The van der Waals surface area contributed by atoms with Gasteiger partial charge < -0.3 is 9.32 Å². The molecule has 4 aromatic rings. The molecule has 138 valence electrons. The van der Waals surface area contributed by atoms with E-state index in [1.807, 2.05) is 12.1 Å². The summed E-state index contributed by atoms with van der Waals surface area (Å²) in [6.07, 6.45) is 0. The lowest BCUT2D eigenvalue weighted by molar-refractivity contribution is 0.249. The third-order valence-corrected chi connectivity index (χ3v) is 6.11. The SMILES string of the molecule is Cn1c(=O)oc2cc(CN3CCN(c4nsc5ccccc45)CC3)ccc21. The molecule has 2 aromatic heterocycles. The normalized spacial score (nSPS) is 15.8. The van der Waals surface area contributed by atoms with Gasteiger partial charge in [-0.1, -0.05) is 18.2 Å². The number of anilines is 1. The van der Waals surface area contributed by atoms with E-state index in [2.05, 4.69) is 44.5 Å². The molecule has 0 radical (unpaired) electrons. The van der Waals surface area contributed by atoms with E-state index in [0.717, 1.165) is 44.1 Å². The molecule has 5 rings (SSSR count). The first-order chi connectivity index (χ1) is 13.2. The molecule has 1 fully saturated rings. The second-order valence-electron chi connectivity index (χ2n) is 6.99. The minimum Gasteiger partial charge on any atom is -0.408 e.